The van der Waals surface area contributed by atoms with Crippen LogP contribution in [0.25, 0.3) is 0 Å². The molecule has 1 aromatic rings. The second-order valence-corrected chi connectivity index (χ2v) is 3.39. The molecule has 0 bridgehead atoms. The summed E-state index contributed by atoms with van der Waals surface area (Å²) >= 11 is 0. The fourth-order valence-electron chi connectivity index (χ4n) is 1.15. The number of nitrogens with one attached hydrogen (secondary N) is 1. The summed E-state index contributed by atoms with van der Waals surface area (Å²) in [4.78, 5) is 21.6. The van der Waals surface area contributed by atoms with E-state index in [1.807, 2.05) is 0 Å². The van der Waals surface area contributed by atoms with Crippen molar-refractivity contribution in [2.24, 2.45) is 7.05 Å². The van der Waals surface area contributed by atoms with Crippen LogP contribution in [0.2, 0.25) is 0 Å². The van der Waals surface area contributed by atoms with Crippen molar-refractivity contribution in [1.82, 2.24) is 15.1 Å². The molecule has 0 saturated carbocycles. The Morgan fingerprint density at radius 2 is 2.27 bits per heavy atom. The van der Waals surface area contributed by atoms with E-state index in [-0.39, 0.29) is 17.4 Å². The molecule has 1 rings (SSSR count). The zero-order valence-corrected chi connectivity index (χ0v) is 8.72. The molecule has 1 N–H and O–H groups in total. The van der Waals surface area contributed by atoms with Gasteiger partial charge in [0.1, 0.15) is 6.20 Å². The Labute approximate surface area is 86.2 Å². The molecular formula is C8H12N4O3. The molecule has 7 nitrogen and oxygen atoms in total. The Balaban J connectivity index is 3.06. The lowest BCUT2D eigenvalue weighted by molar-refractivity contribution is -0.385. The van der Waals surface area contributed by atoms with Gasteiger partial charge in [-0.15, -0.1) is 0 Å². The quantitative estimate of drug-likeness (QED) is 0.582. The van der Waals surface area contributed by atoms with E-state index < -0.39 is 10.8 Å². The van der Waals surface area contributed by atoms with Gasteiger partial charge in [0, 0.05) is 13.1 Å². The van der Waals surface area contributed by atoms with Crippen molar-refractivity contribution >= 4 is 11.6 Å². The SMILES string of the molecule is CC(C)NC(=O)c1c([N+](=O)[O-])cnn1C. The van der Waals surface area contributed by atoms with Gasteiger partial charge in [-0.25, -0.2) is 0 Å². The van der Waals surface area contributed by atoms with E-state index in [4.69, 9.17) is 0 Å². The molecule has 0 fully saturated rings. The van der Waals surface area contributed by atoms with Crippen LogP contribution in [0.4, 0.5) is 5.69 Å². The Bertz CT molecular complexity index is 397. The van der Waals surface area contributed by atoms with Crippen LogP contribution in [0.3, 0.4) is 0 Å². The first-order valence-corrected chi connectivity index (χ1v) is 4.40. The summed E-state index contributed by atoms with van der Waals surface area (Å²) in [6.07, 6.45) is 1.06. The van der Waals surface area contributed by atoms with Crippen molar-refractivity contribution in [3.8, 4) is 0 Å². The lowest BCUT2D eigenvalue weighted by Crippen LogP contribution is -2.32. The smallest absolute Gasteiger partial charge is 0.320 e. The largest absolute Gasteiger partial charge is 0.348 e. The Morgan fingerprint density at radius 1 is 1.67 bits per heavy atom. The van der Waals surface area contributed by atoms with Crippen LogP contribution in [0, 0.1) is 10.1 Å². The molecule has 0 unspecified atom stereocenters. The Hall–Kier alpha value is -1.92. The molecular weight excluding hydrogens is 200 g/mol. The van der Waals surface area contributed by atoms with Crippen molar-refractivity contribution in [3.63, 3.8) is 0 Å². The van der Waals surface area contributed by atoms with E-state index in [9.17, 15) is 14.9 Å². The normalized spacial score (nSPS) is 10.4. The topological polar surface area (TPSA) is 90.1 Å². The monoisotopic (exact) mass is 212 g/mol. The van der Waals surface area contributed by atoms with Crippen molar-refractivity contribution in [2.75, 3.05) is 0 Å². The first-order valence-electron chi connectivity index (χ1n) is 4.40. The van der Waals surface area contributed by atoms with Crippen LogP contribution in [0.15, 0.2) is 6.20 Å². The molecule has 15 heavy (non-hydrogen) atoms. The van der Waals surface area contributed by atoms with Gasteiger partial charge in [0.2, 0.25) is 5.69 Å². The second-order valence-electron chi connectivity index (χ2n) is 3.39. The maximum atomic E-state index is 11.6. The fraction of sp³-hybridized carbons (Fsp3) is 0.500. The van der Waals surface area contributed by atoms with Gasteiger partial charge in [0.25, 0.3) is 5.91 Å². The van der Waals surface area contributed by atoms with Crippen LogP contribution in [-0.2, 0) is 7.05 Å². The van der Waals surface area contributed by atoms with E-state index in [0.29, 0.717) is 0 Å². The van der Waals surface area contributed by atoms with Gasteiger partial charge in [0.05, 0.1) is 4.92 Å². The van der Waals surface area contributed by atoms with Gasteiger partial charge < -0.3 is 5.32 Å². The molecule has 0 atom stereocenters. The summed E-state index contributed by atoms with van der Waals surface area (Å²) in [5, 5.41) is 16.9. The zero-order valence-electron chi connectivity index (χ0n) is 8.72. The molecule has 1 aromatic heterocycles. The van der Waals surface area contributed by atoms with Crippen LogP contribution in [0.5, 0.6) is 0 Å². The van der Waals surface area contributed by atoms with E-state index in [1.54, 1.807) is 13.8 Å². The van der Waals surface area contributed by atoms with Gasteiger partial charge >= 0.3 is 5.69 Å². The first-order chi connectivity index (χ1) is 6.93. The van der Waals surface area contributed by atoms with Crippen LogP contribution in [-0.4, -0.2) is 26.7 Å². The summed E-state index contributed by atoms with van der Waals surface area (Å²) in [5.41, 5.74) is -0.315. The van der Waals surface area contributed by atoms with Gasteiger partial charge in [-0.05, 0) is 13.8 Å². The molecule has 0 aliphatic heterocycles. The molecule has 0 aliphatic carbocycles. The summed E-state index contributed by atoms with van der Waals surface area (Å²) in [6.45, 7) is 3.56. The highest BCUT2D eigenvalue weighted by atomic mass is 16.6. The summed E-state index contributed by atoms with van der Waals surface area (Å²) in [5.74, 6) is -0.489. The molecule has 1 amide bonds. The number of aryl methyl sites for hydroxylation is 1. The molecule has 0 saturated heterocycles. The molecule has 0 spiro atoms. The average Bonchev–Trinajstić information content (AvgIpc) is 2.45. The van der Waals surface area contributed by atoms with Crippen LogP contribution < -0.4 is 5.32 Å². The van der Waals surface area contributed by atoms with Crippen molar-refractivity contribution in [3.05, 3.63) is 22.0 Å². The molecule has 0 aromatic carbocycles. The average molecular weight is 212 g/mol. The lowest BCUT2D eigenvalue weighted by Gasteiger charge is -2.07. The lowest BCUT2D eigenvalue weighted by atomic mass is 10.3. The molecule has 7 heteroatoms. The van der Waals surface area contributed by atoms with E-state index in [0.717, 1.165) is 6.20 Å². The highest BCUT2D eigenvalue weighted by Crippen LogP contribution is 2.16. The van der Waals surface area contributed by atoms with Gasteiger partial charge in [-0.1, -0.05) is 0 Å². The van der Waals surface area contributed by atoms with Crippen molar-refractivity contribution in [2.45, 2.75) is 19.9 Å². The molecule has 0 aliphatic rings. The molecule has 82 valence electrons. The number of hydrogen-bond donors (Lipinski definition) is 1. The minimum absolute atomic E-state index is 0.0336. The highest BCUT2D eigenvalue weighted by Gasteiger charge is 2.25. The van der Waals surface area contributed by atoms with E-state index in [2.05, 4.69) is 10.4 Å². The minimum Gasteiger partial charge on any atom is -0.348 e. The Kier molecular flexibility index (Phi) is 3.03. The first kappa shape index (κ1) is 11.2. The number of hydrogen-bond acceptors (Lipinski definition) is 4. The third-order valence-electron chi connectivity index (χ3n) is 1.75. The third kappa shape index (κ3) is 2.30. The van der Waals surface area contributed by atoms with Gasteiger partial charge in [-0.2, -0.15) is 5.10 Å². The number of aromatic nitrogens is 2. The molecule has 0 radical (unpaired) electrons. The van der Waals surface area contributed by atoms with E-state index in [1.165, 1.54) is 11.7 Å². The highest BCUT2D eigenvalue weighted by molar-refractivity contribution is 5.96. The maximum Gasteiger partial charge on any atom is 0.320 e. The third-order valence-corrected chi connectivity index (χ3v) is 1.75. The minimum atomic E-state index is -0.623. The number of nitrogens with zero attached hydrogens (tertiary/aromatic N) is 3. The van der Waals surface area contributed by atoms with Crippen molar-refractivity contribution < 1.29 is 9.72 Å². The Morgan fingerprint density at radius 3 is 2.73 bits per heavy atom. The van der Waals surface area contributed by atoms with Crippen LogP contribution in [0.1, 0.15) is 24.3 Å². The summed E-state index contributed by atoms with van der Waals surface area (Å²) < 4.78 is 1.19. The summed E-state index contributed by atoms with van der Waals surface area (Å²) in [6, 6.07) is -0.0768. The van der Waals surface area contributed by atoms with Crippen LogP contribution >= 0.6 is 0 Å². The van der Waals surface area contributed by atoms with Gasteiger partial charge in [0.15, 0.2) is 0 Å². The zero-order chi connectivity index (χ0) is 11.6. The molecule has 1 heterocycles. The van der Waals surface area contributed by atoms with E-state index >= 15 is 0 Å². The summed E-state index contributed by atoms with van der Waals surface area (Å²) in [7, 11) is 1.49. The number of carbonyl (C=O) groups is 1. The van der Waals surface area contributed by atoms with Gasteiger partial charge in [-0.3, -0.25) is 19.6 Å². The predicted molar refractivity (Wildman–Crippen MR) is 52.5 cm³/mol. The second kappa shape index (κ2) is 4.07. The standard InChI is InChI=1S/C8H12N4O3/c1-5(2)10-8(13)7-6(12(14)15)4-9-11(7)3/h4-5H,1-3H3,(H,10,13). The van der Waals surface area contributed by atoms with Crippen molar-refractivity contribution in [1.29, 1.82) is 0 Å². The number of rotatable bonds is 3. The predicted octanol–water partition coefficient (Wildman–Crippen LogP) is 0.466. The maximum absolute atomic E-state index is 11.6. The number of nitro groups is 1. The number of amides is 1. The fourth-order valence-corrected chi connectivity index (χ4v) is 1.15. The number of carbonyl (C=O) groups excluding carboxylic acids is 1.